The van der Waals surface area contributed by atoms with Crippen molar-refractivity contribution in [3.63, 3.8) is 0 Å². The van der Waals surface area contributed by atoms with Gasteiger partial charge in [-0.05, 0) is 34.5 Å². The molecule has 170 valence electrons. The molecule has 34 heavy (non-hydrogen) atoms. The molecule has 2 amide bonds. The van der Waals surface area contributed by atoms with E-state index in [1.54, 1.807) is 24.7 Å². The van der Waals surface area contributed by atoms with Gasteiger partial charge in [-0.2, -0.15) is 0 Å². The first-order chi connectivity index (χ1) is 16.6. The lowest BCUT2D eigenvalue weighted by Gasteiger charge is -2.21. The highest BCUT2D eigenvalue weighted by Gasteiger charge is 2.21. The summed E-state index contributed by atoms with van der Waals surface area (Å²) in [4.78, 5) is 33.4. The minimum Gasteiger partial charge on any atom is -0.469 e. The summed E-state index contributed by atoms with van der Waals surface area (Å²) in [7, 11) is 0. The van der Waals surface area contributed by atoms with Crippen molar-refractivity contribution in [3.05, 3.63) is 102 Å². The second-order valence-electron chi connectivity index (χ2n) is 8.08. The van der Waals surface area contributed by atoms with Crippen LogP contribution in [-0.4, -0.2) is 28.3 Å². The Kier molecular flexibility index (Phi) is 5.82. The number of pyridine rings is 1. The maximum atomic E-state index is 13.3. The van der Waals surface area contributed by atoms with E-state index in [1.807, 2.05) is 55.5 Å². The van der Waals surface area contributed by atoms with Gasteiger partial charge in [0.05, 0.1) is 35.1 Å². The fourth-order valence-electron chi connectivity index (χ4n) is 4.18. The van der Waals surface area contributed by atoms with Crippen LogP contribution in [0.25, 0.3) is 21.7 Å². The average molecular weight is 453 g/mol. The van der Waals surface area contributed by atoms with E-state index in [0.29, 0.717) is 23.3 Å². The standard InChI is InChI=1S/C27H24N4O3/c1-2-25-21(10-12-34-25)26(32)30-16-23(19-8-7-17-5-3-4-6-18(17)13-19)31-27(33)22-14-28-15-24-20(22)9-11-29-24/h3-15,23,29H,2,16H2,1H3,(H,30,32)(H,31,33). The molecule has 0 saturated carbocycles. The van der Waals surface area contributed by atoms with Gasteiger partial charge in [0.2, 0.25) is 0 Å². The maximum absolute atomic E-state index is 13.3. The van der Waals surface area contributed by atoms with Gasteiger partial charge in [0.15, 0.2) is 0 Å². The monoisotopic (exact) mass is 452 g/mol. The quantitative estimate of drug-likeness (QED) is 0.331. The number of nitrogens with one attached hydrogen (secondary N) is 3. The Labute approximate surface area is 196 Å². The van der Waals surface area contributed by atoms with E-state index in [9.17, 15) is 9.59 Å². The molecule has 3 heterocycles. The number of hydrogen-bond acceptors (Lipinski definition) is 4. The van der Waals surface area contributed by atoms with Crippen LogP contribution in [0.5, 0.6) is 0 Å². The molecule has 7 nitrogen and oxygen atoms in total. The van der Waals surface area contributed by atoms with Gasteiger partial charge in [-0.1, -0.05) is 43.3 Å². The van der Waals surface area contributed by atoms with Crippen LogP contribution in [0.15, 0.2) is 83.9 Å². The molecule has 3 N–H and O–H groups in total. The summed E-state index contributed by atoms with van der Waals surface area (Å²) in [6, 6.07) is 17.1. The van der Waals surface area contributed by atoms with Gasteiger partial charge in [0, 0.05) is 30.7 Å². The van der Waals surface area contributed by atoms with Gasteiger partial charge in [0.1, 0.15) is 5.76 Å². The van der Waals surface area contributed by atoms with E-state index in [2.05, 4.69) is 20.6 Å². The number of benzene rings is 2. The lowest BCUT2D eigenvalue weighted by atomic mass is 10.0. The molecular weight excluding hydrogens is 428 g/mol. The van der Waals surface area contributed by atoms with E-state index in [4.69, 9.17) is 4.42 Å². The molecule has 5 rings (SSSR count). The minimum atomic E-state index is -0.452. The number of H-pyrrole nitrogens is 1. The Bertz CT molecular complexity index is 1480. The first kappa shape index (κ1) is 21.5. The normalized spacial score (nSPS) is 12.0. The number of aromatic nitrogens is 2. The first-order valence-electron chi connectivity index (χ1n) is 11.2. The summed E-state index contributed by atoms with van der Waals surface area (Å²) in [5.74, 6) is 0.136. The van der Waals surface area contributed by atoms with Gasteiger partial charge in [0.25, 0.3) is 11.8 Å². The summed E-state index contributed by atoms with van der Waals surface area (Å²) >= 11 is 0. The van der Waals surface area contributed by atoms with Crippen LogP contribution in [-0.2, 0) is 6.42 Å². The zero-order valence-corrected chi connectivity index (χ0v) is 18.7. The number of carbonyl (C=O) groups excluding carboxylic acids is 2. The molecule has 0 fully saturated rings. The van der Waals surface area contributed by atoms with Crippen molar-refractivity contribution in [2.45, 2.75) is 19.4 Å². The van der Waals surface area contributed by atoms with E-state index in [0.717, 1.165) is 27.2 Å². The second kappa shape index (κ2) is 9.23. The van der Waals surface area contributed by atoms with E-state index < -0.39 is 6.04 Å². The summed E-state index contributed by atoms with van der Waals surface area (Å²) in [5.41, 5.74) is 2.66. The second-order valence-corrected chi connectivity index (χ2v) is 8.08. The lowest BCUT2D eigenvalue weighted by molar-refractivity contribution is 0.0908. The van der Waals surface area contributed by atoms with Crippen molar-refractivity contribution < 1.29 is 14.0 Å². The molecule has 0 aliphatic rings. The van der Waals surface area contributed by atoms with Crippen molar-refractivity contribution in [1.29, 1.82) is 0 Å². The summed E-state index contributed by atoms with van der Waals surface area (Å²) in [6.07, 6.45) is 7.15. The zero-order valence-electron chi connectivity index (χ0n) is 18.7. The number of aromatic amines is 1. The van der Waals surface area contributed by atoms with Crippen LogP contribution in [0.4, 0.5) is 0 Å². The predicted molar refractivity (Wildman–Crippen MR) is 131 cm³/mol. The smallest absolute Gasteiger partial charge is 0.254 e. The van der Waals surface area contributed by atoms with E-state index >= 15 is 0 Å². The molecule has 0 aliphatic heterocycles. The third-order valence-corrected chi connectivity index (χ3v) is 5.98. The van der Waals surface area contributed by atoms with E-state index in [1.165, 1.54) is 6.26 Å². The number of rotatable bonds is 7. The molecule has 0 bridgehead atoms. The number of fused-ring (bicyclic) bond motifs is 2. The predicted octanol–water partition coefficient (Wildman–Crippen LogP) is 4.77. The molecular formula is C27H24N4O3. The first-order valence-corrected chi connectivity index (χ1v) is 11.2. The highest BCUT2D eigenvalue weighted by atomic mass is 16.3. The molecule has 7 heteroatoms. The molecule has 1 atom stereocenters. The topological polar surface area (TPSA) is 100 Å². The Morgan fingerprint density at radius 2 is 1.85 bits per heavy atom. The van der Waals surface area contributed by atoms with Crippen LogP contribution in [0, 0.1) is 0 Å². The van der Waals surface area contributed by atoms with Gasteiger partial charge >= 0.3 is 0 Å². The number of nitrogens with zero attached hydrogens (tertiary/aromatic N) is 1. The van der Waals surface area contributed by atoms with Crippen LogP contribution in [0.3, 0.4) is 0 Å². The van der Waals surface area contributed by atoms with Crippen LogP contribution >= 0.6 is 0 Å². The van der Waals surface area contributed by atoms with Gasteiger partial charge in [-0.25, -0.2) is 0 Å². The van der Waals surface area contributed by atoms with Gasteiger partial charge in [-0.15, -0.1) is 0 Å². The molecule has 0 spiro atoms. The number of amides is 2. The molecule has 5 aromatic rings. The summed E-state index contributed by atoms with van der Waals surface area (Å²) in [6.45, 7) is 2.15. The molecule has 0 radical (unpaired) electrons. The highest BCUT2D eigenvalue weighted by molar-refractivity contribution is 6.06. The fourth-order valence-corrected chi connectivity index (χ4v) is 4.18. The third-order valence-electron chi connectivity index (χ3n) is 5.98. The van der Waals surface area contributed by atoms with Crippen LogP contribution in [0.2, 0.25) is 0 Å². The molecule has 0 aliphatic carbocycles. The SMILES string of the molecule is CCc1occc1C(=O)NCC(NC(=O)c1cncc2[nH]ccc12)c1ccc2ccccc2c1. The van der Waals surface area contributed by atoms with Crippen LogP contribution in [0.1, 0.15) is 45.0 Å². The fraction of sp³-hybridized carbons (Fsp3) is 0.148. The Morgan fingerprint density at radius 3 is 2.71 bits per heavy atom. The van der Waals surface area contributed by atoms with Crippen molar-refractivity contribution >= 4 is 33.5 Å². The highest BCUT2D eigenvalue weighted by Crippen LogP contribution is 2.22. The molecule has 3 aromatic heterocycles. The molecule has 2 aromatic carbocycles. The lowest BCUT2D eigenvalue weighted by Crippen LogP contribution is -2.38. The zero-order chi connectivity index (χ0) is 23.5. The number of hydrogen-bond donors (Lipinski definition) is 3. The van der Waals surface area contributed by atoms with Gasteiger partial charge in [-0.3, -0.25) is 14.6 Å². The van der Waals surface area contributed by atoms with Crippen molar-refractivity contribution in [3.8, 4) is 0 Å². The summed E-state index contributed by atoms with van der Waals surface area (Å²) < 4.78 is 5.39. The maximum Gasteiger partial charge on any atom is 0.254 e. The largest absolute Gasteiger partial charge is 0.469 e. The Hall–Kier alpha value is -4.39. The third kappa shape index (κ3) is 4.15. The van der Waals surface area contributed by atoms with E-state index in [-0.39, 0.29) is 18.4 Å². The number of aryl methyl sites for hydroxylation is 1. The number of carbonyl (C=O) groups is 2. The Morgan fingerprint density at radius 1 is 1.00 bits per heavy atom. The van der Waals surface area contributed by atoms with Crippen LogP contribution < -0.4 is 10.6 Å². The number of furan rings is 1. The summed E-state index contributed by atoms with van der Waals surface area (Å²) in [5, 5.41) is 9.01. The van der Waals surface area contributed by atoms with Crippen molar-refractivity contribution in [2.75, 3.05) is 6.54 Å². The minimum absolute atomic E-state index is 0.216. The van der Waals surface area contributed by atoms with Crippen molar-refractivity contribution in [1.82, 2.24) is 20.6 Å². The molecule has 1 unspecified atom stereocenters. The van der Waals surface area contributed by atoms with Crippen molar-refractivity contribution in [2.24, 2.45) is 0 Å². The van der Waals surface area contributed by atoms with Gasteiger partial charge < -0.3 is 20.0 Å². The Balaban J connectivity index is 1.44. The molecule has 0 saturated heterocycles. The average Bonchev–Trinajstić information content (AvgIpc) is 3.55.